The quantitative estimate of drug-likeness (QED) is 0.450. The molecule has 0 fully saturated rings. The highest BCUT2D eigenvalue weighted by atomic mass is 31.2. The van der Waals surface area contributed by atoms with Gasteiger partial charge in [0.25, 0.3) is 0 Å². The van der Waals surface area contributed by atoms with E-state index in [9.17, 15) is 14.2 Å². The summed E-state index contributed by atoms with van der Waals surface area (Å²) in [5.41, 5.74) is -1.65. The van der Waals surface area contributed by atoms with Crippen LogP contribution in [0.4, 0.5) is 0 Å². The molecule has 0 heterocycles. The van der Waals surface area contributed by atoms with Gasteiger partial charge in [0.05, 0.1) is 18.5 Å². The minimum absolute atomic E-state index is 0.851. The molecular weight excluding hydrogens is 203 g/mol. The first-order valence-electron chi connectivity index (χ1n) is 3.22. The molecular formula is C5H9O7P. The molecule has 4 N–H and O–H groups in total. The largest absolute Gasteiger partial charge is 0.481 e. The van der Waals surface area contributed by atoms with Crippen LogP contribution in [-0.4, -0.2) is 37.6 Å². The number of carboxylic acid groups (broad SMARTS) is 2. The summed E-state index contributed by atoms with van der Waals surface area (Å²) in [5, 5.41) is 16.4. The standard InChI is InChI=1S/C5H9O7P/c6-4(7)1-3(2-5(8)9)13(10,11)12/h3H,1-2H2,(H,6,7)(H,8,9)(H2,10,11,12). The molecule has 0 saturated carbocycles. The highest BCUT2D eigenvalue weighted by Crippen LogP contribution is 2.44. The van der Waals surface area contributed by atoms with E-state index in [1.807, 2.05) is 0 Å². The zero-order valence-corrected chi connectivity index (χ0v) is 7.35. The average molecular weight is 212 g/mol. The van der Waals surface area contributed by atoms with E-state index in [0.29, 0.717) is 0 Å². The second-order valence-electron chi connectivity index (χ2n) is 2.44. The summed E-state index contributed by atoms with van der Waals surface area (Å²) in [6.45, 7) is 0. The third-order valence-corrected chi connectivity index (χ3v) is 2.61. The van der Waals surface area contributed by atoms with Gasteiger partial charge >= 0.3 is 19.5 Å². The fraction of sp³-hybridized carbons (Fsp3) is 0.600. The number of carboxylic acids is 2. The first-order chi connectivity index (χ1) is 5.73. The molecule has 0 radical (unpaired) electrons. The number of aliphatic carboxylic acids is 2. The maximum Gasteiger partial charge on any atom is 0.329 e. The molecule has 0 aromatic heterocycles. The summed E-state index contributed by atoms with van der Waals surface area (Å²) in [6.07, 6.45) is -1.70. The highest BCUT2D eigenvalue weighted by Gasteiger charge is 2.32. The molecule has 0 spiro atoms. The molecule has 0 bridgehead atoms. The zero-order valence-electron chi connectivity index (χ0n) is 6.45. The second kappa shape index (κ2) is 4.36. The third kappa shape index (κ3) is 5.35. The van der Waals surface area contributed by atoms with E-state index in [0.717, 1.165) is 0 Å². The van der Waals surface area contributed by atoms with Crippen LogP contribution in [0.2, 0.25) is 0 Å². The molecule has 0 amide bonds. The number of rotatable bonds is 5. The minimum atomic E-state index is -4.65. The molecule has 0 aliphatic heterocycles. The number of hydrogen-bond acceptors (Lipinski definition) is 3. The Kier molecular flexibility index (Phi) is 4.06. The van der Waals surface area contributed by atoms with Gasteiger partial charge in [0.15, 0.2) is 0 Å². The Morgan fingerprint density at radius 1 is 1.08 bits per heavy atom. The lowest BCUT2D eigenvalue weighted by Gasteiger charge is -2.13. The van der Waals surface area contributed by atoms with E-state index in [2.05, 4.69) is 0 Å². The van der Waals surface area contributed by atoms with Crippen molar-refractivity contribution in [3.05, 3.63) is 0 Å². The SMILES string of the molecule is O=C(O)CC(CC(=O)O)P(=O)(O)O. The normalized spacial score (nSPS) is 11.6. The van der Waals surface area contributed by atoms with Crippen LogP contribution < -0.4 is 0 Å². The van der Waals surface area contributed by atoms with Gasteiger partial charge in [0.1, 0.15) is 0 Å². The van der Waals surface area contributed by atoms with Gasteiger partial charge in [-0.2, -0.15) is 0 Å². The van der Waals surface area contributed by atoms with Crippen LogP contribution in [0.3, 0.4) is 0 Å². The van der Waals surface area contributed by atoms with Gasteiger partial charge in [0, 0.05) is 0 Å². The first kappa shape index (κ1) is 12.1. The van der Waals surface area contributed by atoms with Gasteiger partial charge in [0.2, 0.25) is 0 Å². The fourth-order valence-electron chi connectivity index (χ4n) is 0.713. The van der Waals surface area contributed by atoms with E-state index in [1.165, 1.54) is 0 Å². The lowest BCUT2D eigenvalue weighted by Crippen LogP contribution is -2.18. The summed E-state index contributed by atoms with van der Waals surface area (Å²) < 4.78 is 10.6. The van der Waals surface area contributed by atoms with Crippen molar-refractivity contribution in [3.8, 4) is 0 Å². The van der Waals surface area contributed by atoms with E-state index in [-0.39, 0.29) is 0 Å². The van der Waals surface area contributed by atoms with E-state index in [4.69, 9.17) is 20.0 Å². The van der Waals surface area contributed by atoms with Crippen LogP contribution in [0, 0.1) is 0 Å². The lowest BCUT2D eigenvalue weighted by molar-refractivity contribution is -0.138. The predicted molar refractivity (Wildman–Crippen MR) is 40.3 cm³/mol. The number of carbonyl (C=O) groups is 2. The highest BCUT2D eigenvalue weighted by molar-refractivity contribution is 7.52. The maximum atomic E-state index is 10.6. The molecule has 0 rings (SSSR count). The Balaban J connectivity index is 4.47. The second-order valence-corrected chi connectivity index (χ2v) is 4.35. The van der Waals surface area contributed by atoms with Gasteiger partial charge in [-0.1, -0.05) is 0 Å². The lowest BCUT2D eigenvalue weighted by atomic mass is 10.2. The Morgan fingerprint density at radius 3 is 1.54 bits per heavy atom. The van der Waals surface area contributed by atoms with E-state index >= 15 is 0 Å². The van der Waals surface area contributed by atoms with Crippen LogP contribution in [-0.2, 0) is 14.2 Å². The van der Waals surface area contributed by atoms with Gasteiger partial charge < -0.3 is 20.0 Å². The van der Waals surface area contributed by atoms with E-state index in [1.54, 1.807) is 0 Å². The van der Waals surface area contributed by atoms with Crippen molar-refractivity contribution in [2.45, 2.75) is 18.5 Å². The predicted octanol–water partition coefficient (Wildman–Crippen LogP) is -0.518. The third-order valence-electron chi connectivity index (χ3n) is 1.30. The molecule has 0 aliphatic rings. The average Bonchev–Trinajstić information content (AvgIpc) is 1.81. The van der Waals surface area contributed by atoms with Crippen LogP contribution in [0.1, 0.15) is 12.8 Å². The van der Waals surface area contributed by atoms with Crippen LogP contribution in [0.15, 0.2) is 0 Å². The van der Waals surface area contributed by atoms with Crippen LogP contribution >= 0.6 is 7.60 Å². The smallest absolute Gasteiger partial charge is 0.329 e. The summed E-state index contributed by atoms with van der Waals surface area (Å²) >= 11 is 0. The molecule has 0 saturated heterocycles. The van der Waals surface area contributed by atoms with Gasteiger partial charge in [-0.15, -0.1) is 0 Å². The zero-order chi connectivity index (χ0) is 10.6. The monoisotopic (exact) mass is 212 g/mol. The maximum absolute atomic E-state index is 10.6. The van der Waals surface area contributed by atoms with Crippen molar-refractivity contribution in [2.24, 2.45) is 0 Å². The Morgan fingerprint density at radius 2 is 1.38 bits per heavy atom. The molecule has 0 aromatic rings. The Bertz CT molecular complexity index is 238. The van der Waals surface area contributed by atoms with Crippen molar-refractivity contribution < 1.29 is 34.2 Å². The van der Waals surface area contributed by atoms with Crippen LogP contribution in [0.5, 0.6) is 0 Å². The molecule has 0 unspecified atom stereocenters. The van der Waals surface area contributed by atoms with Gasteiger partial charge in [-0.05, 0) is 0 Å². The molecule has 0 aromatic carbocycles. The summed E-state index contributed by atoms with van der Waals surface area (Å²) in [5.74, 6) is -2.87. The molecule has 76 valence electrons. The molecule has 7 nitrogen and oxygen atoms in total. The van der Waals surface area contributed by atoms with Crippen LogP contribution in [0.25, 0.3) is 0 Å². The topological polar surface area (TPSA) is 132 Å². The van der Waals surface area contributed by atoms with E-state index < -0.39 is 38.0 Å². The first-order valence-corrected chi connectivity index (χ1v) is 4.90. The van der Waals surface area contributed by atoms with Crippen molar-refractivity contribution in [2.75, 3.05) is 0 Å². The van der Waals surface area contributed by atoms with Crippen molar-refractivity contribution in [1.29, 1.82) is 0 Å². The van der Waals surface area contributed by atoms with Gasteiger partial charge in [-0.3, -0.25) is 14.2 Å². The van der Waals surface area contributed by atoms with Crippen molar-refractivity contribution >= 4 is 19.5 Å². The summed E-state index contributed by atoms with van der Waals surface area (Å²) in [4.78, 5) is 37.3. The Labute approximate surface area is 73.2 Å². The molecule has 8 heteroatoms. The fourth-order valence-corrected chi connectivity index (χ4v) is 1.50. The number of hydrogen-bond donors (Lipinski definition) is 4. The summed E-state index contributed by atoms with van der Waals surface area (Å²) in [6, 6.07) is 0. The Hall–Kier alpha value is -0.910. The minimum Gasteiger partial charge on any atom is -0.481 e. The van der Waals surface area contributed by atoms with Gasteiger partial charge in [-0.25, -0.2) is 0 Å². The molecule has 0 aliphatic carbocycles. The summed E-state index contributed by atoms with van der Waals surface area (Å²) in [7, 11) is -4.65. The van der Waals surface area contributed by atoms with Crippen molar-refractivity contribution in [1.82, 2.24) is 0 Å². The van der Waals surface area contributed by atoms with Crippen molar-refractivity contribution in [3.63, 3.8) is 0 Å². The molecule has 0 atom stereocenters. The molecule has 13 heavy (non-hydrogen) atoms.